The lowest BCUT2D eigenvalue weighted by Crippen LogP contribution is -2.28. The van der Waals surface area contributed by atoms with Gasteiger partial charge in [0.1, 0.15) is 0 Å². The van der Waals surface area contributed by atoms with E-state index in [-0.39, 0.29) is 6.04 Å². The third-order valence-electron chi connectivity index (χ3n) is 3.12. The molecule has 1 aliphatic rings. The summed E-state index contributed by atoms with van der Waals surface area (Å²) in [5.74, 6) is 6.50. The molecule has 84 valence electrons. The van der Waals surface area contributed by atoms with Crippen molar-refractivity contribution in [3.63, 3.8) is 0 Å². The molecule has 1 atom stereocenters. The zero-order valence-corrected chi connectivity index (χ0v) is 9.53. The first-order valence-electron chi connectivity index (χ1n) is 5.73. The summed E-state index contributed by atoms with van der Waals surface area (Å²) in [6.45, 7) is 2.14. The summed E-state index contributed by atoms with van der Waals surface area (Å²) in [6.07, 6.45) is 6.93. The quantitative estimate of drug-likeness (QED) is 0.566. The summed E-state index contributed by atoms with van der Waals surface area (Å²) in [5.41, 5.74) is 5.36. The SMILES string of the molecule is CCc1nn(C)cc1C(CC1CC1)NN. The normalized spacial score (nSPS) is 18.1. The van der Waals surface area contributed by atoms with Crippen LogP contribution in [0.1, 0.15) is 43.5 Å². The smallest absolute Gasteiger partial charge is 0.0670 e. The average molecular weight is 208 g/mol. The molecular formula is C11H20N4. The standard InChI is InChI=1S/C11H20N4/c1-3-10-9(7-15(2)14-10)11(13-12)6-8-4-5-8/h7-8,11,13H,3-6,12H2,1-2H3. The van der Waals surface area contributed by atoms with E-state index < -0.39 is 0 Å². The van der Waals surface area contributed by atoms with Crippen molar-refractivity contribution in [2.24, 2.45) is 18.8 Å². The lowest BCUT2D eigenvalue weighted by molar-refractivity contribution is 0.484. The van der Waals surface area contributed by atoms with Crippen LogP contribution in [0.4, 0.5) is 0 Å². The molecule has 0 radical (unpaired) electrons. The molecule has 1 fully saturated rings. The van der Waals surface area contributed by atoms with Crippen LogP contribution in [-0.2, 0) is 13.5 Å². The van der Waals surface area contributed by atoms with E-state index in [2.05, 4.69) is 23.6 Å². The fourth-order valence-electron chi connectivity index (χ4n) is 2.09. The molecule has 0 saturated heterocycles. The molecule has 1 aromatic rings. The highest BCUT2D eigenvalue weighted by molar-refractivity contribution is 5.21. The lowest BCUT2D eigenvalue weighted by atomic mass is 10.0. The topological polar surface area (TPSA) is 55.9 Å². The molecule has 1 unspecified atom stereocenters. The second-order valence-corrected chi connectivity index (χ2v) is 4.46. The van der Waals surface area contributed by atoms with Crippen molar-refractivity contribution < 1.29 is 0 Å². The van der Waals surface area contributed by atoms with Gasteiger partial charge in [0, 0.05) is 24.8 Å². The van der Waals surface area contributed by atoms with Crippen LogP contribution in [0.25, 0.3) is 0 Å². The van der Waals surface area contributed by atoms with Crippen molar-refractivity contribution in [2.45, 2.75) is 38.6 Å². The second kappa shape index (κ2) is 4.33. The van der Waals surface area contributed by atoms with Crippen LogP contribution in [0.15, 0.2) is 6.20 Å². The lowest BCUT2D eigenvalue weighted by Gasteiger charge is -2.14. The molecule has 2 rings (SSSR count). The van der Waals surface area contributed by atoms with Crippen LogP contribution in [0, 0.1) is 5.92 Å². The summed E-state index contributed by atoms with van der Waals surface area (Å²) in [7, 11) is 1.97. The van der Waals surface area contributed by atoms with Gasteiger partial charge >= 0.3 is 0 Å². The second-order valence-electron chi connectivity index (χ2n) is 4.46. The van der Waals surface area contributed by atoms with Crippen molar-refractivity contribution in [3.8, 4) is 0 Å². The van der Waals surface area contributed by atoms with Crippen LogP contribution in [-0.4, -0.2) is 9.78 Å². The van der Waals surface area contributed by atoms with Gasteiger partial charge in [-0.25, -0.2) is 0 Å². The molecule has 0 aromatic carbocycles. The fourth-order valence-corrected chi connectivity index (χ4v) is 2.09. The first kappa shape index (κ1) is 10.6. The minimum Gasteiger partial charge on any atom is -0.275 e. The number of hydrogen-bond donors (Lipinski definition) is 2. The molecule has 1 saturated carbocycles. The minimum absolute atomic E-state index is 0.279. The average Bonchev–Trinajstić information content (AvgIpc) is 2.97. The highest BCUT2D eigenvalue weighted by Gasteiger charge is 2.27. The molecule has 15 heavy (non-hydrogen) atoms. The van der Waals surface area contributed by atoms with Crippen molar-refractivity contribution in [1.29, 1.82) is 0 Å². The third-order valence-corrected chi connectivity index (χ3v) is 3.12. The summed E-state index contributed by atoms with van der Waals surface area (Å²) in [4.78, 5) is 0. The zero-order valence-electron chi connectivity index (χ0n) is 9.53. The van der Waals surface area contributed by atoms with E-state index >= 15 is 0 Å². The van der Waals surface area contributed by atoms with Gasteiger partial charge in [0.15, 0.2) is 0 Å². The van der Waals surface area contributed by atoms with Gasteiger partial charge in [0.2, 0.25) is 0 Å². The Morgan fingerprint density at radius 3 is 2.93 bits per heavy atom. The maximum atomic E-state index is 5.63. The number of aromatic nitrogens is 2. The summed E-state index contributed by atoms with van der Waals surface area (Å²) < 4.78 is 1.88. The van der Waals surface area contributed by atoms with Gasteiger partial charge in [0.05, 0.1) is 5.69 Å². The molecule has 4 heteroatoms. The first-order valence-corrected chi connectivity index (χ1v) is 5.73. The van der Waals surface area contributed by atoms with Gasteiger partial charge in [0.25, 0.3) is 0 Å². The van der Waals surface area contributed by atoms with Gasteiger partial charge in [-0.2, -0.15) is 5.10 Å². The number of hydrazine groups is 1. The minimum atomic E-state index is 0.279. The number of rotatable bonds is 5. The Morgan fingerprint density at radius 2 is 2.40 bits per heavy atom. The Kier molecular flexibility index (Phi) is 3.07. The van der Waals surface area contributed by atoms with Crippen LogP contribution in [0.3, 0.4) is 0 Å². The predicted molar refractivity (Wildman–Crippen MR) is 60.0 cm³/mol. The molecule has 0 amide bonds. The van der Waals surface area contributed by atoms with Crippen molar-refractivity contribution >= 4 is 0 Å². The Hall–Kier alpha value is -0.870. The highest BCUT2D eigenvalue weighted by atomic mass is 15.3. The molecule has 1 aromatic heterocycles. The van der Waals surface area contributed by atoms with Gasteiger partial charge < -0.3 is 0 Å². The molecular weight excluding hydrogens is 188 g/mol. The summed E-state index contributed by atoms with van der Waals surface area (Å²) in [6, 6.07) is 0.279. The number of hydrogen-bond acceptors (Lipinski definition) is 3. The Bertz CT molecular complexity index is 327. The van der Waals surface area contributed by atoms with Crippen LogP contribution >= 0.6 is 0 Å². The van der Waals surface area contributed by atoms with Crippen LogP contribution in [0.5, 0.6) is 0 Å². The molecule has 4 nitrogen and oxygen atoms in total. The zero-order chi connectivity index (χ0) is 10.8. The van der Waals surface area contributed by atoms with E-state index in [9.17, 15) is 0 Å². The monoisotopic (exact) mass is 208 g/mol. The molecule has 3 N–H and O–H groups in total. The largest absolute Gasteiger partial charge is 0.275 e. The van der Waals surface area contributed by atoms with E-state index in [1.165, 1.54) is 24.1 Å². The van der Waals surface area contributed by atoms with Crippen LogP contribution < -0.4 is 11.3 Å². The van der Waals surface area contributed by atoms with Gasteiger partial charge in [-0.05, 0) is 18.8 Å². The van der Waals surface area contributed by atoms with Crippen LogP contribution in [0.2, 0.25) is 0 Å². The number of nitrogens with two attached hydrogens (primary N) is 1. The third kappa shape index (κ3) is 2.38. The molecule has 0 bridgehead atoms. The van der Waals surface area contributed by atoms with Crippen molar-refractivity contribution in [2.75, 3.05) is 0 Å². The number of nitrogens with one attached hydrogen (secondary N) is 1. The van der Waals surface area contributed by atoms with Crippen molar-refractivity contribution in [1.82, 2.24) is 15.2 Å². The Morgan fingerprint density at radius 1 is 1.67 bits per heavy atom. The van der Waals surface area contributed by atoms with E-state index in [1.807, 2.05) is 11.7 Å². The highest BCUT2D eigenvalue weighted by Crippen LogP contribution is 2.37. The maximum absolute atomic E-state index is 5.63. The van der Waals surface area contributed by atoms with Gasteiger partial charge in [-0.1, -0.05) is 19.8 Å². The van der Waals surface area contributed by atoms with Gasteiger partial charge in [-0.3, -0.25) is 16.0 Å². The Labute approximate surface area is 90.8 Å². The summed E-state index contributed by atoms with van der Waals surface area (Å²) in [5, 5.41) is 4.45. The number of nitrogens with zero attached hydrogens (tertiary/aromatic N) is 2. The maximum Gasteiger partial charge on any atom is 0.0670 e. The fraction of sp³-hybridized carbons (Fsp3) is 0.727. The van der Waals surface area contributed by atoms with E-state index in [1.54, 1.807) is 0 Å². The van der Waals surface area contributed by atoms with Gasteiger partial charge in [-0.15, -0.1) is 0 Å². The van der Waals surface area contributed by atoms with E-state index in [0.717, 1.165) is 18.8 Å². The molecule has 0 spiro atoms. The molecule has 1 aliphatic carbocycles. The van der Waals surface area contributed by atoms with Crippen molar-refractivity contribution in [3.05, 3.63) is 17.5 Å². The van der Waals surface area contributed by atoms with E-state index in [0.29, 0.717) is 0 Å². The predicted octanol–water partition coefficient (Wildman–Crippen LogP) is 1.29. The Balaban J connectivity index is 2.15. The first-order chi connectivity index (χ1) is 7.24. The summed E-state index contributed by atoms with van der Waals surface area (Å²) >= 11 is 0. The molecule has 1 heterocycles. The van der Waals surface area contributed by atoms with E-state index in [4.69, 9.17) is 5.84 Å². The molecule has 0 aliphatic heterocycles. The number of aryl methyl sites for hydroxylation is 2.